The van der Waals surface area contributed by atoms with Gasteiger partial charge in [0, 0.05) is 45.6 Å². The van der Waals surface area contributed by atoms with E-state index in [1.165, 1.54) is 5.56 Å². The lowest BCUT2D eigenvalue weighted by Crippen LogP contribution is -2.44. The van der Waals surface area contributed by atoms with Crippen LogP contribution in [0, 0.1) is 0 Å². The molecule has 0 unspecified atom stereocenters. The first kappa shape index (κ1) is 15.9. The fraction of sp³-hybridized carbons (Fsp3) is 0.812. The number of ether oxygens (including phenoxy) is 3. The summed E-state index contributed by atoms with van der Waals surface area (Å²) in [6.45, 7) is 4.16. The predicted molar refractivity (Wildman–Crippen MR) is 82.9 cm³/mol. The maximum atomic E-state index is 6.09. The summed E-state index contributed by atoms with van der Waals surface area (Å²) in [5, 5.41) is 4.29. The number of nitrogens with zero attached hydrogens (tertiary/aromatic N) is 3. The number of rotatable bonds is 7. The highest BCUT2D eigenvalue weighted by Crippen LogP contribution is 2.29. The Balaban J connectivity index is 1.66. The Kier molecular flexibility index (Phi) is 5.46. The third-order valence-electron chi connectivity index (χ3n) is 4.72. The molecular weight excluding hydrogens is 282 g/mol. The first-order chi connectivity index (χ1) is 10.8. The van der Waals surface area contributed by atoms with Crippen LogP contribution in [0.5, 0.6) is 0 Å². The molecule has 0 bridgehead atoms. The second kappa shape index (κ2) is 7.55. The average molecular weight is 309 g/mol. The summed E-state index contributed by atoms with van der Waals surface area (Å²) in [5.41, 5.74) is 1.28. The maximum absolute atomic E-state index is 6.09. The summed E-state index contributed by atoms with van der Waals surface area (Å²) in [5.74, 6) is 0. The Hall–Kier alpha value is -0.950. The molecule has 0 amide bonds. The van der Waals surface area contributed by atoms with Gasteiger partial charge in [0.25, 0.3) is 0 Å². The van der Waals surface area contributed by atoms with Crippen molar-refractivity contribution in [3.63, 3.8) is 0 Å². The molecule has 3 rings (SSSR count). The van der Waals surface area contributed by atoms with Crippen LogP contribution in [0.1, 0.15) is 18.4 Å². The van der Waals surface area contributed by atoms with Crippen molar-refractivity contribution in [1.82, 2.24) is 14.7 Å². The minimum absolute atomic E-state index is 0.274. The SMILES string of the molecule is COCCO[C@H]1CCN([C@@H]2CCOC2)[C@H]1Cc1cnn(C)c1. The first-order valence-electron chi connectivity index (χ1n) is 8.19. The van der Waals surface area contributed by atoms with E-state index < -0.39 is 0 Å². The van der Waals surface area contributed by atoms with E-state index in [0.29, 0.717) is 25.3 Å². The lowest BCUT2D eigenvalue weighted by atomic mass is 10.0. The second-order valence-corrected chi connectivity index (χ2v) is 6.24. The molecule has 0 spiro atoms. The Morgan fingerprint density at radius 2 is 2.27 bits per heavy atom. The molecule has 3 atom stereocenters. The number of aryl methyl sites for hydroxylation is 1. The highest BCUT2D eigenvalue weighted by atomic mass is 16.5. The molecule has 0 aromatic carbocycles. The molecule has 6 heteroatoms. The van der Waals surface area contributed by atoms with Gasteiger partial charge in [-0.15, -0.1) is 0 Å². The standard InChI is InChI=1S/C16H27N3O3/c1-18-11-13(10-17-18)9-15-16(22-8-7-20-2)3-5-19(15)14-4-6-21-12-14/h10-11,14-16H,3-9,12H2,1-2H3/t14-,15+,16+/m1/s1. The van der Waals surface area contributed by atoms with Gasteiger partial charge in [-0.25, -0.2) is 0 Å². The van der Waals surface area contributed by atoms with E-state index in [1.54, 1.807) is 7.11 Å². The molecule has 6 nitrogen and oxygen atoms in total. The third kappa shape index (κ3) is 3.68. The summed E-state index contributed by atoms with van der Waals surface area (Å²) < 4.78 is 18.7. The van der Waals surface area contributed by atoms with E-state index in [-0.39, 0.29) is 6.10 Å². The number of hydrogen-bond acceptors (Lipinski definition) is 5. The van der Waals surface area contributed by atoms with Crippen LogP contribution in [0.25, 0.3) is 0 Å². The zero-order chi connectivity index (χ0) is 15.4. The molecule has 124 valence electrons. The van der Waals surface area contributed by atoms with Gasteiger partial charge in [0.05, 0.1) is 32.1 Å². The van der Waals surface area contributed by atoms with E-state index in [9.17, 15) is 0 Å². The molecule has 2 aliphatic rings. The van der Waals surface area contributed by atoms with Gasteiger partial charge in [0.15, 0.2) is 0 Å². The average Bonchev–Trinajstić information content (AvgIpc) is 3.22. The Morgan fingerprint density at radius 1 is 1.36 bits per heavy atom. The smallest absolute Gasteiger partial charge is 0.0746 e. The monoisotopic (exact) mass is 309 g/mol. The van der Waals surface area contributed by atoms with E-state index in [1.807, 2.05) is 17.9 Å². The molecular formula is C16H27N3O3. The van der Waals surface area contributed by atoms with Crippen molar-refractivity contribution in [3.05, 3.63) is 18.0 Å². The Labute approximate surface area is 132 Å². The van der Waals surface area contributed by atoms with Crippen LogP contribution in [0.4, 0.5) is 0 Å². The van der Waals surface area contributed by atoms with Crippen molar-refractivity contribution in [2.45, 2.75) is 37.5 Å². The molecule has 0 aliphatic carbocycles. The van der Waals surface area contributed by atoms with Gasteiger partial charge < -0.3 is 14.2 Å². The van der Waals surface area contributed by atoms with Crippen LogP contribution in [-0.4, -0.2) is 73.0 Å². The highest BCUT2D eigenvalue weighted by Gasteiger charge is 2.39. The summed E-state index contributed by atoms with van der Waals surface area (Å²) in [6.07, 6.45) is 7.55. The number of methoxy groups -OCH3 is 1. The van der Waals surface area contributed by atoms with Crippen LogP contribution in [-0.2, 0) is 27.7 Å². The van der Waals surface area contributed by atoms with Gasteiger partial charge in [0.1, 0.15) is 0 Å². The van der Waals surface area contributed by atoms with Crippen LogP contribution >= 0.6 is 0 Å². The van der Waals surface area contributed by atoms with Crippen molar-refractivity contribution in [3.8, 4) is 0 Å². The molecule has 0 N–H and O–H groups in total. The van der Waals surface area contributed by atoms with Crippen LogP contribution in [0.2, 0.25) is 0 Å². The third-order valence-corrected chi connectivity index (χ3v) is 4.72. The summed E-state index contributed by atoms with van der Waals surface area (Å²) >= 11 is 0. The summed E-state index contributed by atoms with van der Waals surface area (Å²) in [6, 6.07) is 0.949. The fourth-order valence-corrected chi connectivity index (χ4v) is 3.63. The molecule has 1 aromatic rings. The van der Waals surface area contributed by atoms with Gasteiger partial charge in [-0.1, -0.05) is 0 Å². The molecule has 2 fully saturated rings. The van der Waals surface area contributed by atoms with Gasteiger partial charge in [-0.2, -0.15) is 5.10 Å². The largest absolute Gasteiger partial charge is 0.382 e. The van der Waals surface area contributed by atoms with Crippen molar-refractivity contribution in [2.75, 3.05) is 40.1 Å². The van der Waals surface area contributed by atoms with E-state index >= 15 is 0 Å². The van der Waals surface area contributed by atoms with E-state index in [4.69, 9.17) is 14.2 Å². The normalized spacial score (nSPS) is 29.5. The van der Waals surface area contributed by atoms with E-state index in [0.717, 1.165) is 39.0 Å². The van der Waals surface area contributed by atoms with Crippen LogP contribution in [0.15, 0.2) is 12.4 Å². The van der Waals surface area contributed by atoms with Crippen molar-refractivity contribution < 1.29 is 14.2 Å². The van der Waals surface area contributed by atoms with E-state index in [2.05, 4.69) is 16.2 Å². The minimum atomic E-state index is 0.274. The topological polar surface area (TPSA) is 48.8 Å². The van der Waals surface area contributed by atoms with Crippen molar-refractivity contribution >= 4 is 0 Å². The first-order valence-corrected chi connectivity index (χ1v) is 8.19. The zero-order valence-electron chi connectivity index (χ0n) is 13.6. The number of aromatic nitrogens is 2. The second-order valence-electron chi connectivity index (χ2n) is 6.24. The number of likely N-dealkylation sites (tertiary alicyclic amines) is 1. The van der Waals surface area contributed by atoms with Gasteiger partial charge >= 0.3 is 0 Å². The van der Waals surface area contributed by atoms with Gasteiger partial charge in [-0.3, -0.25) is 9.58 Å². The van der Waals surface area contributed by atoms with Crippen LogP contribution < -0.4 is 0 Å². The van der Waals surface area contributed by atoms with Gasteiger partial charge in [0.2, 0.25) is 0 Å². The lowest BCUT2D eigenvalue weighted by Gasteiger charge is -2.31. The highest BCUT2D eigenvalue weighted by molar-refractivity contribution is 5.09. The molecule has 2 saturated heterocycles. The molecule has 3 heterocycles. The molecule has 0 radical (unpaired) electrons. The minimum Gasteiger partial charge on any atom is -0.382 e. The molecule has 1 aromatic heterocycles. The van der Waals surface area contributed by atoms with Crippen molar-refractivity contribution in [1.29, 1.82) is 0 Å². The zero-order valence-corrected chi connectivity index (χ0v) is 13.6. The number of hydrogen-bond donors (Lipinski definition) is 0. The quantitative estimate of drug-likeness (QED) is 0.699. The maximum Gasteiger partial charge on any atom is 0.0746 e. The lowest BCUT2D eigenvalue weighted by molar-refractivity contribution is -0.00620. The molecule has 22 heavy (non-hydrogen) atoms. The van der Waals surface area contributed by atoms with Crippen molar-refractivity contribution in [2.24, 2.45) is 7.05 Å². The predicted octanol–water partition coefficient (Wildman–Crippen LogP) is 0.857. The molecule has 2 aliphatic heterocycles. The van der Waals surface area contributed by atoms with Gasteiger partial charge in [-0.05, 0) is 24.8 Å². The summed E-state index contributed by atoms with van der Waals surface area (Å²) in [7, 11) is 3.68. The Morgan fingerprint density at radius 3 is 2.95 bits per heavy atom. The van der Waals surface area contributed by atoms with Crippen LogP contribution in [0.3, 0.4) is 0 Å². The Bertz CT molecular complexity index is 459. The molecule has 0 saturated carbocycles. The summed E-state index contributed by atoms with van der Waals surface area (Å²) in [4.78, 5) is 2.59. The fourth-order valence-electron chi connectivity index (χ4n) is 3.63.